The summed E-state index contributed by atoms with van der Waals surface area (Å²) in [5, 5.41) is 9.30. The first-order chi connectivity index (χ1) is 8.65. The largest absolute Gasteiger partial charge is 0.481 e. The van der Waals surface area contributed by atoms with E-state index in [1.54, 1.807) is 0 Å². The van der Waals surface area contributed by atoms with Crippen LogP contribution in [0.15, 0.2) is 28.7 Å². The van der Waals surface area contributed by atoms with Crippen LogP contribution in [-0.2, 0) is 4.79 Å². The van der Waals surface area contributed by atoms with Gasteiger partial charge in [0.2, 0.25) is 0 Å². The number of aliphatic carboxylic acids is 1. The summed E-state index contributed by atoms with van der Waals surface area (Å²) < 4.78 is 0.942. The lowest BCUT2D eigenvalue weighted by atomic mass is 9.93. The van der Waals surface area contributed by atoms with E-state index in [2.05, 4.69) is 22.9 Å². The highest BCUT2D eigenvalue weighted by Gasteiger charge is 2.19. The van der Waals surface area contributed by atoms with Crippen LogP contribution in [-0.4, -0.2) is 11.1 Å². The molecule has 1 aromatic carbocycles. The van der Waals surface area contributed by atoms with Crippen molar-refractivity contribution in [3.63, 3.8) is 0 Å². The van der Waals surface area contributed by atoms with E-state index in [4.69, 9.17) is 0 Å². The number of benzene rings is 1. The molecular formula is C15H21BrO2. The summed E-state index contributed by atoms with van der Waals surface area (Å²) in [7, 11) is 0. The maximum atomic E-state index is 11.3. The molecule has 1 N–H and O–H groups in total. The molecule has 1 rings (SSSR count). The average Bonchev–Trinajstić information content (AvgIpc) is 2.33. The molecule has 0 aliphatic rings. The van der Waals surface area contributed by atoms with Gasteiger partial charge in [-0.05, 0) is 24.1 Å². The minimum Gasteiger partial charge on any atom is -0.481 e. The fraction of sp³-hybridized carbons (Fsp3) is 0.533. The first kappa shape index (κ1) is 15.2. The van der Waals surface area contributed by atoms with E-state index >= 15 is 0 Å². The number of carboxylic acids is 1. The van der Waals surface area contributed by atoms with Gasteiger partial charge in [0.25, 0.3) is 0 Å². The van der Waals surface area contributed by atoms with Crippen molar-refractivity contribution < 1.29 is 9.90 Å². The Morgan fingerprint density at radius 1 is 1.28 bits per heavy atom. The first-order valence-corrected chi connectivity index (χ1v) is 7.42. The molecule has 0 aliphatic heterocycles. The van der Waals surface area contributed by atoms with Crippen LogP contribution in [0.1, 0.15) is 56.9 Å². The van der Waals surface area contributed by atoms with Crippen LogP contribution >= 0.6 is 15.9 Å². The van der Waals surface area contributed by atoms with Crippen molar-refractivity contribution in [2.24, 2.45) is 0 Å². The van der Waals surface area contributed by atoms with Crippen molar-refractivity contribution >= 4 is 21.9 Å². The minimum atomic E-state index is -0.719. The van der Waals surface area contributed by atoms with Crippen molar-refractivity contribution in [2.75, 3.05) is 0 Å². The Balaban J connectivity index is 2.53. The number of hydrogen-bond acceptors (Lipinski definition) is 1. The van der Waals surface area contributed by atoms with Gasteiger partial charge in [-0.25, -0.2) is 0 Å². The lowest BCUT2D eigenvalue weighted by Gasteiger charge is -2.13. The topological polar surface area (TPSA) is 37.3 Å². The molecule has 0 fully saturated rings. The molecular weight excluding hydrogens is 292 g/mol. The Morgan fingerprint density at radius 3 is 2.61 bits per heavy atom. The van der Waals surface area contributed by atoms with E-state index in [1.165, 1.54) is 19.3 Å². The molecule has 3 heteroatoms. The smallest absolute Gasteiger partial charge is 0.310 e. The summed E-state index contributed by atoms with van der Waals surface area (Å²) in [6.45, 7) is 2.18. The van der Waals surface area contributed by atoms with Gasteiger partial charge < -0.3 is 5.11 Å². The van der Waals surface area contributed by atoms with Crippen LogP contribution in [0.25, 0.3) is 0 Å². The fourth-order valence-electron chi connectivity index (χ4n) is 2.11. The molecule has 0 aromatic heterocycles. The highest BCUT2D eigenvalue weighted by Crippen LogP contribution is 2.25. The predicted octanol–water partition coefficient (Wildman–Crippen LogP) is 4.98. The summed E-state index contributed by atoms with van der Waals surface area (Å²) in [6, 6.07) is 7.62. The fourth-order valence-corrected chi connectivity index (χ4v) is 2.53. The molecule has 18 heavy (non-hydrogen) atoms. The summed E-state index contributed by atoms with van der Waals surface area (Å²) in [6.07, 6.45) is 6.52. The van der Waals surface area contributed by atoms with Crippen LogP contribution in [0.2, 0.25) is 0 Å². The zero-order valence-corrected chi connectivity index (χ0v) is 12.4. The van der Waals surface area contributed by atoms with Crippen molar-refractivity contribution in [1.29, 1.82) is 0 Å². The summed E-state index contributed by atoms with van der Waals surface area (Å²) in [4.78, 5) is 11.3. The Bertz CT molecular complexity index is 377. The van der Waals surface area contributed by atoms with Gasteiger partial charge in [0, 0.05) is 4.47 Å². The third kappa shape index (κ3) is 5.21. The van der Waals surface area contributed by atoms with Crippen LogP contribution in [0.4, 0.5) is 0 Å². The first-order valence-electron chi connectivity index (χ1n) is 6.63. The quantitative estimate of drug-likeness (QED) is 0.687. The second-order valence-electron chi connectivity index (χ2n) is 4.65. The maximum absolute atomic E-state index is 11.3. The maximum Gasteiger partial charge on any atom is 0.310 e. The molecule has 0 heterocycles. The second kappa shape index (κ2) is 8.30. The Labute approximate surface area is 118 Å². The highest BCUT2D eigenvalue weighted by molar-refractivity contribution is 9.10. The molecule has 0 aliphatic carbocycles. The van der Waals surface area contributed by atoms with E-state index in [0.29, 0.717) is 0 Å². The molecule has 0 spiro atoms. The number of halogens is 1. The summed E-state index contributed by atoms with van der Waals surface area (Å²) >= 11 is 3.39. The van der Waals surface area contributed by atoms with Crippen LogP contribution in [0.5, 0.6) is 0 Å². The molecule has 1 atom stereocenters. The molecule has 0 amide bonds. The predicted molar refractivity (Wildman–Crippen MR) is 77.9 cm³/mol. The molecule has 1 unspecified atom stereocenters. The molecule has 100 valence electrons. The van der Waals surface area contributed by atoms with Gasteiger partial charge >= 0.3 is 5.97 Å². The molecule has 0 bridgehead atoms. The number of hydrogen-bond donors (Lipinski definition) is 1. The second-order valence-corrected chi connectivity index (χ2v) is 5.56. The van der Waals surface area contributed by atoms with Gasteiger partial charge in [0.15, 0.2) is 0 Å². The van der Waals surface area contributed by atoms with E-state index in [-0.39, 0.29) is 5.92 Å². The number of carbonyl (C=O) groups is 1. The molecule has 0 radical (unpaired) electrons. The zero-order valence-electron chi connectivity index (χ0n) is 10.9. The van der Waals surface area contributed by atoms with Gasteiger partial charge in [0.1, 0.15) is 0 Å². The van der Waals surface area contributed by atoms with E-state index in [1.807, 2.05) is 24.3 Å². The number of unbranched alkanes of at least 4 members (excludes halogenated alkanes) is 4. The average molecular weight is 313 g/mol. The lowest BCUT2D eigenvalue weighted by Crippen LogP contribution is -2.11. The lowest BCUT2D eigenvalue weighted by molar-refractivity contribution is -0.139. The Morgan fingerprint density at radius 2 is 2.00 bits per heavy atom. The SMILES string of the molecule is CCCCCCCC(C(=O)O)c1cccc(Br)c1. The van der Waals surface area contributed by atoms with Crippen molar-refractivity contribution in [1.82, 2.24) is 0 Å². The standard InChI is InChI=1S/C15H21BrO2/c1-2-3-4-5-6-10-14(15(17)18)12-8-7-9-13(16)11-12/h7-9,11,14H,2-6,10H2,1H3,(H,17,18). The Hall–Kier alpha value is -0.830. The van der Waals surface area contributed by atoms with E-state index in [0.717, 1.165) is 29.3 Å². The van der Waals surface area contributed by atoms with Crippen LogP contribution < -0.4 is 0 Å². The summed E-state index contributed by atoms with van der Waals surface area (Å²) in [5.74, 6) is -1.09. The molecule has 1 aromatic rings. The van der Waals surface area contributed by atoms with Gasteiger partial charge in [-0.2, -0.15) is 0 Å². The van der Waals surface area contributed by atoms with Gasteiger partial charge in [-0.3, -0.25) is 4.79 Å². The summed E-state index contributed by atoms with van der Waals surface area (Å²) in [5.41, 5.74) is 0.896. The number of carboxylic acid groups (broad SMARTS) is 1. The molecule has 2 nitrogen and oxygen atoms in total. The van der Waals surface area contributed by atoms with Gasteiger partial charge in [0.05, 0.1) is 5.92 Å². The minimum absolute atomic E-state index is 0.371. The third-order valence-corrected chi connectivity index (χ3v) is 3.64. The molecule has 0 saturated carbocycles. The van der Waals surface area contributed by atoms with Gasteiger partial charge in [-0.1, -0.05) is 67.1 Å². The zero-order chi connectivity index (χ0) is 13.4. The third-order valence-electron chi connectivity index (χ3n) is 3.15. The highest BCUT2D eigenvalue weighted by atomic mass is 79.9. The van der Waals surface area contributed by atoms with Crippen molar-refractivity contribution in [3.8, 4) is 0 Å². The number of rotatable bonds is 8. The van der Waals surface area contributed by atoms with Crippen LogP contribution in [0.3, 0.4) is 0 Å². The Kier molecular flexibility index (Phi) is 7.02. The van der Waals surface area contributed by atoms with Gasteiger partial charge in [-0.15, -0.1) is 0 Å². The van der Waals surface area contributed by atoms with Crippen molar-refractivity contribution in [3.05, 3.63) is 34.3 Å². The monoisotopic (exact) mass is 312 g/mol. The van der Waals surface area contributed by atoms with Crippen molar-refractivity contribution in [2.45, 2.75) is 51.4 Å². The normalized spacial score (nSPS) is 12.3. The van der Waals surface area contributed by atoms with E-state index in [9.17, 15) is 9.90 Å². The molecule has 0 saturated heterocycles. The van der Waals surface area contributed by atoms with E-state index < -0.39 is 5.97 Å². The van der Waals surface area contributed by atoms with Crippen LogP contribution in [0, 0.1) is 0 Å².